The zero-order valence-electron chi connectivity index (χ0n) is 11.2. The van der Waals surface area contributed by atoms with Crippen LogP contribution in [-0.4, -0.2) is 57.2 Å². The van der Waals surface area contributed by atoms with E-state index in [4.69, 9.17) is 5.73 Å². The Balaban J connectivity index is 1.62. The van der Waals surface area contributed by atoms with Gasteiger partial charge in [0.2, 0.25) is 5.95 Å². The lowest BCUT2D eigenvalue weighted by molar-refractivity contribution is 0.0740. The van der Waals surface area contributed by atoms with Crippen LogP contribution >= 0.6 is 15.9 Å². The lowest BCUT2D eigenvalue weighted by Gasteiger charge is -2.34. The van der Waals surface area contributed by atoms with E-state index < -0.39 is 0 Å². The standard InChI is InChI=1S/C12H14BrN7O/c13-8-6-15-12(16-7-8)20-3-1-19(2-4-20)11(21)9-5-10(14)18-17-9/h5-7H,1-4H2,(H3,14,17,18). The van der Waals surface area contributed by atoms with E-state index in [0.29, 0.717) is 43.6 Å². The predicted molar refractivity (Wildman–Crippen MR) is 80.8 cm³/mol. The maximum absolute atomic E-state index is 12.2. The summed E-state index contributed by atoms with van der Waals surface area (Å²) in [7, 11) is 0. The number of nitrogens with two attached hydrogens (primary N) is 1. The summed E-state index contributed by atoms with van der Waals surface area (Å²) >= 11 is 3.31. The molecule has 3 N–H and O–H groups in total. The van der Waals surface area contributed by atoms with Gasteiger partial charge in [0.1, 0.15) is 11.5 Å². The van der Waals surface area contributed by atoms with Gasteiger partial charge in [0.15, 0.2) is 0 Å². The molecule has 9 heteroatoms. The molecule has 0 spiro atoms. The third kappa shape index (κ3) is 2.97. The smallest absolute Gasteiger partial charge is 0.272 e. The molecule has 1 fully saturated rings. The van der Waals surface area contributed by atoms with Crippen molar-refractivity contribution in [2.24, 2.45) is 0 Å². The van der Waals surface area contributed by atoms with Crippen LogP contribution in [0.5, 0.6) is 0 Å². The molecule has 0 aromatic carbocycles. The summed E-state index contributed by atoms with van der Waals surface area (Å²) in [6.45, 7) is 2.60. The molecule has 1 amide bonds. The van der Waals surface area contributed by atoms with Gasteiger partial charge >= 0.3 is 0 Å². The number of rotatable bonds is 2. The number of nitrogens with zero attached hydrogens (tertiary/aromatic N) is 5. The SMILES string of the molecule is Nc1cc(C(=O)N2CCN(c3ncc(Br)cn3)CC2)[nH]n1. The molecule has 21 heavy (non-hydrogen) atoms. The Kier molecular flexibility index (Phi) is 3.74. The molecule has 2 aromatic heterocycles. The Bertz CT molecular complexity index is 633. The zero-order chi connectivity index (χ0) is 14.8. The Labute approximate surface area is 129 Å². The normalized spacial score (nSPS) is 15.3. The fourth-order valence-corrected chi connectivity index (χ4v) is 2.40. The minimum absolute atomic E-state index is 0.0874. The van der Waals surface area contributed by atoms with Crippen molar-refractivity contribution < 1.29 is 4.79 Å². The molecule has 0 bridgehead atoms. The number of piperazine rings is 1. The third-order valence-corrected chi connectivity index (χ3v) is 3.69. The number of halogens is 1. The van der Waals surface area contributed by atoms with E-state index in [1.165, 1.54) is 0 Å². The Morgan fingerprint density at radius 1 is 1.24 bits per heavy atom. The highest BCUT2D eigenvalue weighted by Crippen LogP contribution is 2.14. The number of carbonyl (C=O) groups excluding carboxylic acids is 1. The second-order valence-electron chi connectivity index (χ2n) is 4.69. The van der Waals surface area contributed by atoms with Gasteiger partial charge in [-0.3, -0.25) is 9.89 Å². The zero-order valence-corrected chi connectivity index (χ0v) is 12.7. The molecule has 3 rings (SSSR count). The third-order valence-electron chi connectivity index (χ3n) is 3.28. The molecular formula is C12H14BrN7O. The van der Waals surface area contributed by atoms with Crippen molar-refractivity contribution in [1.82, 2.24) is 25.1 Å². The van der Waals surface area contributed by atoms with Crippen molar-refractivity contribution in [3.05, 3.63) is 28.6 Å². The first kappa shape index (κ1) is 13.8. The number of carbonyl (C=O) groups is 1. The van der Waals surface area contributed by atoms with Crippen LogP contribution in [0, 0.1) is 0 Å². The number of aromatic nitrogens is 4. The Morgan fingerprint density at radius 2 is 1.90 bits per heavy atom. The second kappa shape index (κ2) is 5.68. The monoisotopic (exact) mass is 351 g/mol. The first-order valence-corrected chi connectivity index (χ1v) is 7.25. The summed E-state index contributed by atoms with van der Waals surface area (Å²) in [6, 6.07) is 1.55. The Hall–Kier alpha value is -2.16. The van der Waals surface area contributed by atoms with Crippen molar-refractivity contribution in [1.29, 1.82) is 0 Å². The number of hydrogen-bond donors (Lipinski definition) is 2. The van der Waals surface area contributed by atoms with Gasteiger partial charge in [0.05, 0.1) is 4.47 Å². The van der Waals surface area contributed by atoms with Crippen molar-refractivity contribution in [2.45, 2.75) is 0 Å². The number of nitrogens with one attached hydrogen (secondary N) is 1. The summed E-state index contributed by atoms with van der Waals surface area (Å²) in [5.74, 6) is 0.909. The molecule has 8 nitrogen and oxygen atoms in total. The summed E-state index contributed by atoms with van der Waals surface area (Å²) in [5, 5.41) is 6.42. The highest BCUT2D eigenvalue weighted by molar-refractivity contribution is 9.10. The van der Waals surface area contributed by atoms with E-state index >= 15 is 0 Å². The number of aromatic amines is 1. The molecule has 110 valence electrons. The average Bonchev–Trinajstić information content (AvgIpc) is 2.94. The first-order valence-electron chi connectivity index (χ1n) is 6.46. The van der Waals surface area contributed by atoms with E-state index in [2.05, 4.69) is 41.0 Å². The summed E-state index contributed by atoms with van der Waals surface area (Å²) in [6.07, 6.45) is 3.43. The van der Waals surface area contributed by atoms with E-state index in [1.54, 1.807) is 23.4 Å². The molecule has 0 radical (unpaired) electrons. The largest absolute Gasteiger partial charge is 0.382 e. The molecule has 0 unspecified atom stereocenters. The maximum atomic E-state index is 12.2. The minimum Gasteiger partial charge on any atom is -0.382 e. The lowest BCUT2D eigenvalue weighted by Crippen LogP contribution is -2.49. The van der Waals surface area contributed by atoms with Gasteiger partial charge in [-0.15, -0.1) is 0 Å². The van der Waals surface area contributed by atoms with Crippen molar-refractivity contribution in [3.8, 4) is 0 Å². The fraction of sp³-hybridized carbons (Fsp3) is 0.333. The molecule has 0 saturated carbocycles. The average molecular weight is 352 g/mol. The van der Waals surface area contributed by atoms with Gasteiger partial charge in [-0.1, -0.05) is 0 Å². The van der Waals surface area contributed by atoms with E-state index in [1.807, 2.05) is 0 Å². The van der Waals surface area contributed by atoms with E-state index in [0.717, 1.165) is 4.47 Å². The highest BCUT2D eigenvalue weighted by atomic mass is 79.9. The van der Waals surface area contributed by atoms with E-state index in [-0.39, 0.29) is 5.91 Å². The van der Waals surface area contributed by atoms with Gasteiger partial charge in [-0.2, -0.15) is 5.10 Å². The van der Waals surface area contributed by atoms with Crippen molar-refractivity contribution in [3.63, 3.8) is 0 Å². The number of anilines is 2. The van der Waals surface area contributed by atoms with Gasteiger partial charge in [0, 0.05) is 44.6 Å². The summed E-state index contributed by atoms with van der Waals surface area (Å²) < 4.78 is 0.844. The van der Waals surface area contributed by atoms with Crippen molar-refractivity contribution in [2.75, 3.05) is 36.8 Å². The quantitative estimate of drug-likeness (QED) is 0.816. The van der Waals surface area contributed by atoms with Gasteiger partial charge in [0.25, 0.3) is 5.91 Å². The topological polar surface area (TPSA) is 104 Å². The molecule has 2 aromatic rings. The minimum atomic E-state index is -0.0874. The van der Waals surface area contributed by atoms with Crippen LogP contribution in [0.15, 0.2) is 22.9 Å². The van der Waals surface area contributed by atoms with Crippen LogP contribution in [-0.2, 0) is 0 Å². The number of hydrogen-bond acceptors (Lipinski definition) is 6. The van der Waals surface area contributed by atoms with Crippen molar-refractivity contribution >= 4 is 33.6 Å². The summed E-state index contributed by atoms with van der Waals surface area (Å²) in [4.78, 5) is 24.6. The molecule has 3 heterocycles. The number of H-pyrrole nitrogens is 1. The van der Waals surface area contributed by atoms with Gasteiger partial charge < -0.3 is 15.5 Å². The fourth-order valence-electron chi connectivity index (χ4n) is 2.20. The van der Waals surface area contributed by atoms with Crippen LogP contribution < -0.4 is 10.6 Å². The lowest BCUT2D eigenvalue weighted by atomic mass is 10.3. The molecule has 0 aliphatic carbocycles. The Morgan fingerprint density at radius 3 is 2.48 bits per heavy atom. The molecular weight excluding hydrogens is 338 g/mol. The van der Waals surface area contributed by atoms with Crippen LogP contribution in [0.2, 0.25) is 0 Å². The molecule has 1 aliphatic rings. The first-order chi connectivity index (χ1) is 10.1. The van der Waals surface area contributed by atoms with Gasteiger partial charge in [-0.25, -0.2) is 9.97 Å². The molecule has 1 aliphatic heterocycles. The molecule has 0 atom stereocenters. The highest BCUT2D eigenvalue weighted by Gasteiger charge is 2.24. The summed E-state index contributed by atoms with van der Waals surface area (Å²) in [5.41, 5.74) is 5.93. The van der Waals surface area contributed by atoms with Crippen LogP contribution in [0.1, 0.15) is 10.5 Å². The van der Waals surface area contributed by atoms with Crippen LogP contribution in [0.3, 0.4) is 0 Å². The van der Waals surface area contributed by atoms with Crippen LogP contribution in [0.4, 0.5) is 11.8 Å². The predicted octanol–water partition coefficient (Wildman–Crippen LogP) is 0.507. The number of amides is 1. The van der Waals surface area contributed by atoms with E-state index in [9.17, 15) is 4.79 Å². The second-order valence-corrected chi connectivity index (χ2v) is 5.60. The maximum Gasteiger partial charge on any atom is 0.272 e. The number of nitrogen functional groups attached to an aromatic ring is 1. The van der Waals surface area contributed by atoms with Gasteiger partial charge in [-0.05, 0) is 15.9 Å². The molecule has 1 saturated heterocycles. The van der Waals surface area contributed by atoms with Crippen LogP contribution in [0.25, 0.3) is 0 Å².